The zero-order valence-corrected chi connectivity index (χ0v) is 16.1. The molecule has 1 aliphatic carbocycles. The van der Waals surface area contributed by atoms with Crippen molar-refractivity contribution in [1.29, 1.82) is 0 Å². The number of primary amides is 1. The molecule has 9 heteroatoms. The number of carbonyl (C=O) groups excluding carboxylic acids is 2. The summed E-state index contributed by atoms with van der Waals surface area (Å²) in [7, 11) is 0. The second kappa shape index (κ2) is 8.34. The SMILES string of the molecule is NC(=O)c1cnc(Nc2cccc(NC(=O)N3CCCC3)c2)nc1NCC1CC1. The molecule has 5 N–H and O–H groups in total. The molecular formula is C20H25N7O2. The van der Waals surface area contributed by atoms with E-state index in [0.29, 0.717) is 23.4 Å². The van der Waals surface area contributed by atoms with Gasteiger partial charge in [0.15, 0.2) is 0 Å². The molecule has 0 atom stereocenters. The second-order valence-electron chi connectivity index (χ2n) is 7.47. The van der Waals surface area contributed by atoms with Gasteiger partial charge in [0.2, 0.25) is 5.95 Å². The number of amides is 3. The molecule has 152 valence electrons. The summed E-state index contributed by atoms with van der Waals surface area (Å²) in [5.41, 5.74) is 7.11. The highest BCUT2D eigenvalue weighted by Gasteiger charge is 2.22. The number of hydrogen-bond donors (Lipinski definition) is 4. The van der Waals surface area contributed by atoms with Gasteiger partial charge in [-0.3, -0.25) is 4.79 Å². The Balaban J connectivity index is 1.45. The fraction of sp³-hybridized carbons (Fsp3) is 0.400. The molecular weight excluding hydrogens is 370 g/mol. The van der Waals surface area contributed by atoms with Crippen LogP contribution >= 0.6 is 0 Å². The van der Waals surface area contributed by atoms with E-state index in [1.165, 1.54) is 19.0 Å². The van der Waals surface area contributed by atoms with Crippen molar-refractivity contribution in [2.45, 2.75) is 25.7 Å². The van der Waals surface area contributed by atoms with E-state index in [1.807, 2.05) is 29.2 Å². The first-order chi connectivity index (χ1) is 14.1. The molecule has 1 saturated heterocycles. The van der Waals surface area contributed by atoms with Gasteiger partial charge in [-0.25, -0.2) is 9.78 Å². The average molecular weight is 395 g/mol. The van der Waals surface area contributed by atoms with Gasteiger partial charge in [-0.05, 0) is 49.8 Å². The Morgan fingerprint density at radius 3 is 2.66 bits per heavy atom. The molecule has 2 heterocycles. The normalized spacial score (nSPS) is 15.8. The molecule has 1 saturated carbocycles. The fourth-order valence-electron chi connectivity index (χ4n) is 3.25. The van der Waals surface area contributed by atoms with Gasteiger partial charge in [-0.2, -0.15) is 4.98 Å². The van der Waals surface area contributed by atoms with Crippen molar-refractivity contribution >= 4 is 35.1 Å². The number of likely N-dealkylation sites (tertiary alicyclic amines) is 1. The van der Waals surface area contributed by atoms with Gasteiger partial charge < -0.3 is 26.6 Å². The van der Waals surface area contributed by atoms with Crippen LogP contribution < -0.4 is 21.7 Å². The fourth-order valence-corrected chi connectivity index (χ4v) is 3.25. The van der Waals surface area contributed by atoms with Crippen molar-refractivity contribution in [3.63, 3.8) is 0 Å². The smallest absolute Gasteiger partial charge is 0.321 e. The lowest BCUT2D eigenvalue weighted by Gasteiger charge is -2.16. The van der Waals surface area contributed by atoms with Crippen LogP contribution in [0.4, 0.5) is 27.9 Å². The first kappa shape index (κ1) is 19.0. The van der Waals surface area contributed by atoms with Crippen molar-refractivity contribution < 1.29 is 9.59 Å². The number of anilines is 4. The summed E-state index contributed by atoms with van der Waals surface area (Å²) in [6.45, 7) is 2.34. The molecule has 2 aromatic rings. The molecule has 1 aromatic heterocycles. The lowest BCUT2D eigenvalue weighted by Crippen LogP contribution is -2.32. The molecule has 0 bridgehead atoms. The van der Waals surface area contributed by atoms with E-state index in [9.17, 15) is 9.59 Å². The molecule has 9 nitrogen and oxygen atoms in total. The highest BCUT2D eigenvalue weighted by molar-refractivity contribution is 5.97. The van der Waals surface area contributed by atoms with Gasteiger partial charge in [0.25, 0.3) is 5.91 Å². The number of rotatable bonds is 7. The van der Waals surface area contributed by atoms with Crippen LogP contribution in [0.15, 0.2) is 30.5 Å². The Bertz CT molecular complexity index is 907. The molecule has 2 aliphatic rings. The Kier molecular flexibility index (Phi) is 5.46. The topological polar surface area (TPSA) is 125 Å². The van der Waals surface area contributed by atoms with Crippen LogP contribution in [-0.2, 0) is 0 Å². The van der Waals surface area contributed by atoms with Gasteiger partial charge in [-0.1, -0.05) is 6.07 Å². The van der Waals surface area contributed by atoms with E-state index < -0.39 is 5.91 Å². The highest BCUT2D eigenvalue weighted by atomic mass is 16.2. The van der Waals surface area contributed by atoms with Crippen molar-refractivity contribution in [1.82, 2.24) is 14.9 Å². The van der Waals surface area contributed by atoms with Gasteiger partial charge in [0, 0.05) is 37.2 Å². The van der Waals surface area contributed by atoms with E-state index in [2.05, 4.69) is 25.9 Å². The summed E-state index contributed by atoms with van der Waals surface area (Å²) in [6.07, 6.45) is 5.89. The molecule has 3 amide bonds. The third-order valence-corrected chi connectivity index (χ3v) is 5.07. The molecule has 0 radical (unpaired) electrons. The monoisotopic (exact) mass is 395 g/mol. The average Bonchev–Trinajstić information content (AvgIpc) is 3.36. The Labute approximate surface area is 169 Å². The van der Waals surface area contributed by atoms with E-state index in [-0.39, 0.29) is 11.6 Å². The number of nitrogens with zero attached hydrogens (tertiary/aromatic N) is 3. The predicted molar refractivity (Wildman–Crippen MR) is 111 cm³/mol. The van der Waals surface area contributed by atoms with E-state index in [0.717, 1.165) is 38.2 Å². The molecule has 0 unspecified atom stereocenters. The van der Waals surface area contributed by atoms with E-state index in [1.54, 1.807) is 0 Å². The number of aromatic nitrogens is 2. The third kappa shape index (κ3) is 4.92. The van der Waals surface area contributed by atoms with Crippen LogP contribution in [0.5, 0.6) is 0 Å². The molecule has 4 rings (SSSR count). The summed E-state index contributed by atoms with van der Waals surface area (Å²) >= 11 is 0. The first-order valence-electron chi connectivity index (χ1n) is 9.92. The minimum Gasteiger partial charge on any atom is -0.369 e. The number of nitrogens with one attached hydrogen (secondary N) is 3. The predicted octanol–water partition coefficient (Wildman–Crippen LogP) is 2.77. The maximum absolute atomic E-state index is 12.3. The minimum atomic E-state index is -0.568. The number of benzene rings is 1. The van der Waals surface area contributed by atoms with Gasteiger partial charge in [0.05, 0.1) is 5.56 Å². The van der Waals surface area contributed by atoms with Crippen LogP contribution in [0.1, 0.15) is 36.0 Å². The number of hydrogen-bond acceptors (Lipinski definition) is 6. The highest BCUT2D eigenvalue weighted by Crippen LogP contribution is 2.29. The van der Waals surface area contributed by atoms with Gasteiger partial charge >= 0.3 is 6.03 Å². The lowest BCUT2D eigenvalue weighted by atomic mass is 10.2. The standard InChI is InChI=1S/C20H25N7O2/c21-17(28)16-12-23-19(26-18(16)22-11-13-6-7-13)24-14-4-3-5-15(10-14)25-20(29)27-8-1-2-9-27/h3-5,10,12-13H,1-2,6-9,11H2,(H2,21,28)(H,25,29)(H2,22,23,24,26). The Morgan fingerprint density at radius 1 is 1.17 bits per heavy atom. The maximum atomic E-state index is 12.3. The molecule has 29 heavy (non-hydrogen) atoms. The van der Waals surface area contributed by atoms with Crippen LogP contribution in [-0.4, -0.2) is 46.4 Å². The first-order valence-corrected chi connectivity index (χ1v) is 9.92. The summed E-state index contributed by atoms with van der Waals surface area (Å²) in [6, 6.07) is 7.25. The quantitative estimate of drug-likeness (QED) is 0.571. The lowest BCUT2D eigenvalue weighted by molar-refractivity contribution is 0.100. The summed E-state index contributed by atoms with van der Waals surface area (Å²) < 4.78 is 0. The largest absolute Gasteiger partial charge is 0.369 e. The molecule has 1 aliphatic heterocycles. The minimum absolute atomic E-state index is 0.0896. The van der Waals surface area contributed by atoms with E-state index >= 15 is 0 Å². The summed E-state index contributed by atoms with van der Waals surface area (Å²) in [4.78, 5) is 34.3. The van der Waals surface area contributed by atoms with Crippen molar-refractivity contribution in [3.8, 4) is 0 Å². The zero-order valence-electron chi connectivity index (χ0n) is 16.1. The second-order valence-corrected chi connectivity index (χ2v) is 7.47. The van der Waals surface area contributed by atoms with Crippen molar-refractivity contribution in [2.75, 3.05) is 35.6 Å². The van der Waals surface area contributed by atoms with E-state index in [4.69, 9.17) is 5.73 Å². The number of urea groups is 1. The van der Waals surface area contributed by atoms with Crippen LogP contribution in [0.25, 0.3) is 0 Å². The number of carbonyl (C=O) groups is 2. The Hall–Kier alpha value is -3.36. The maximum Gasteiger partial charge on any atom is 0.321 e. The van der Waals surface area contributed by atoms with Crippen molar-refractivity contribution in [3.05, 3.63) is 36.0 Å². The van der Waals surface area contributed by atoms with Gasteiger partial charge in [-0.15, -0.1) is 0 Å². The molecule has 0 spiro atoms. The summed E-state index contributed by atoms with van der Waals surface area (Å²) in [5.74, 6) is 0.830. The van der Waals surface area contributed by atoms with Crippen LogP contribution in [0.2, 0.25) is 0 Å². The van der Waals surface area contributed by atoms with Gasteiger partial charge in [0.1, 0.15) is 5.82 Å². The van der Waals surface area contributed by atoms with Crippen molar-refractivity contribution in [2.24, 2.45) is 11.7 Å². The Morgan fingerprint density at radius 2 is 1.93 bits per heavy atom. The zero-order chi connectivity index (χ0) is 20.2. The third-order valence-electron chi connectivity index (χ3n) is 5.07. The summed E-state index contributed by atoms with van der Waals surface area (Å²) in [5, 5.41) is 9.23. The van der Waals surface area contributed by atoms with Crippen LogP contribution in [0, 0.1) is 5.92 Å². The number of nitrogens with two attached hydrogens (primary N) is 1. The molecule has 2 fully saturated rings. The molecule has 1 aromatic carbocycles. The van der Waals surface area contributed by atoms with Crippen LogP contribution in [0.3, 0.4) is 0 Å².